The number of nitrogens with zero attached hydrogens (tertiary/aromatic N) is 1. The van der Waals surface area contributed by atoms with Gasteiger partial charge < -0.3 is 9.70 Å². The van der Waals surface area contributed by atoms with Crippen LogP contribution in [0, 0.1) is 5.92 Å². The molecule has 1 aliphatic heterocycles. The summed E-state index contributed by atoms with van der Waals surface area (Å²) in [5, 5.41) is -0.301. The zero-order valence-electron chi connectivity index (χ0n) is 11.3. The molecule has 0 spiro atoms. The summed E-state index contributed by atoms with van der Waals surface area (Å²) < 4.78 is 0. The van der Waals surface area contributed by atoms with Gasteiger partial charge in [-0.25, -0.2) is 0 Å². The molecule has 0 aromatic heterocycles. The van der Waals surface area contributed by atoms with E-state index in [1.165, 1.54) is 0 Å². The first kappa shape index (κ1) is 15.0. The van der Waals surface area contributed by atoms with Gasteiger partial charge in [-0.1, -0.05) is 13.8 Å². The third-order valence-electron chi connectivity index (χ3n) is 4.32. The largest absolute Gasteiger partial charge is 0.432 e. The van der Waals surface area contributed by atoms with E-state index in [0.29, 0.717) is 5.92 Å². The molecular weight excluding hydrogens is 254 g/mol. The highest BCUT2D eigenvalue weighted by molar-refractivity contribution is 6.72. The van der Waals surface area contributed by atoms with E-state index in [1.54, 1.807) is 4.90 Å². The highest BCUT2D eigenvalue weighted by atomic mass is 35.5. The van der Waals surface area contributed by atoms with E-state index in [4.69, 9.17) is 11.6 Å². The Labute approximate surface area is 110 Å². The monoisotopic (exact) mass is 277 g/mol. The summed E-state index contributed by atoms with van der Waals surface area (Å²) in [5.74, 6) is 0.608. The molecule has 1 N–H and O–H groups in total. The van der Waals surface area contributed by atoms with Crippen molar-refractivity contribution in [1.82, 2.24) is 4.90 Å². The van der Waals surface area contributed by atoms with Gasteiger partial charge in [0, 0.05) is 13.1 Å². The Bertz CT molecular complexity index is 281. The van der Waals surface area contributed by atoms with Crippen LogP contribution in [0.3, 0.4) is 0 Å². The molecule has 1 heterocycles. The molecule has 3 nitrogen and oxygen atoms in total. The van der Waals surface area contributed by atoms with Crippen LogP contribution in [0.15, 0.2) is 0 Å². The molecule has 5 heteroatoms. The molecule has 0 aliphatic carbocycles. The van der Waals surface area contributed by atoms with Gasteiger partial charge in [0.1, 0.15) is 0 Å². The highest BCUT2D eigenvalue weighted by Crippen LogP contribution is 2.43. The van der Waals surface area contributed by atoms with Gasteiger partial charge in [-0.15, -0.1) is 0 Å². The van der Waals surface area contributed by atoms with E-state index in [9.17, 15) is 9.59 Å². The van der Waals surface area contributed by atoms with Gasteiger partial charge in [0.15, 0.2) is 8.32 Å². The van der Waals surface area contributed by atoms with Gasteiger partial charge in [-0.3, -0.25) is 4.79 Å². The normalized spacial score (nSPS) is 19.5. The number of carbonyl (C=O) groups excluding carboxylic acids is 1. The Hall–Kier alpha value is -0.0631. The standard InChI is InChI=1S/C12H24ClNO2Si/c1-12(2,17(3,4)16)9-10-5-7-14(8-6-10)11(13)15/h10,16H,5-9H2,1-4H3. The van der Waals surface area contributed by atoms with E-state index in [2.05, 4.69) is 13.8 Å². The summed E-state index contributed by atoms with van der Waals surface area (Å²) >= 11 is 5.46. The SMILES string of the molecule is CC(C)(CC1CCN(C(=O)Cl)CC1)[Si](C)(C)O. The Morgan fingerprint density at radius 3 is 2.24 bits per heavy atom. The fraction of sp³-hybridized carbons (Fsp3) is 0.917. The van der Waals surface area contributed by atoms with Gasteiger partial charge in [-0.05, 0) is 54.9 Å². The van der Waals surface area contributed by atoms with E-state index in [0.717, 1.165) is 32.4 Å². The lowest BCUT2D eigenvalue weighted by Crippen LogP contribution is -2.42. The second-order valence-corrected chi connectivity index (χ2v) is 11.1. The van der Waals surface area contributed by atoms with Crippen molar-refractivity contribution in [3.8, 4) is 0 Å². The van der Waals surface area contributed by atoms with Crippen molar-refractivity contribution in [2.45, 2.75) is 51.2 Å². The number of halogens is 1. The van der Waals surface area contributed by atoms with Crippen molar-refractivity contribution in [3.05, 3.63) is 0 Å². The first-order chi connectivity index (χ1) is 7.63. The van der Waals surface area contributed by atoms with E-state index < -0.39 is 8.32 Å². The van der Waals surface area contributed by atoms with Crippen LogP contribution in [-0.4, -0.2) is 36.5 Å². The van der Waals surface area contributed by atoms with Crippen molar-refractivity contribution in [1.29, 1.82) is 0 Å². The van der Waals surface area contributed by atoms with Crippen LogP contribution >= 0.6 is 11.6 Å². The number of amides is 1. The molecule has 0 bridgehead atoms. The second kappa shape index (κ2) is 5.29. The summed E-state index contributed by atoms with van der Waals surface area (Å²) in [6, 6.07) is 0. The molecule has 0 aromatic rings. The summed E-state index contributed by atoms with van der Waals surface area (Å²) in [7, 11) is -2.11. The third kappa shape index (κ3) is 3.97. The van der Waals surface area contributed by atoms with Crippen LogP contribution < -0.4 is 0 Å². The van der Waals surface area contributed by atoms with Gasteiger partial charge in [-0.2, -0.15) is 0 Å². The third-order valence-corrected chi connectivity index (χ3v) is 8.07. The van der Waals surface area contributed by atoms with Crippen molar-refractivity contribution < 1.29 is 9.59 Å². The fourth-order valence-corrected chi connectivity index (χ4v) is 3.24. The lowest BCUT2D eigenvalue weighted by Gasteiger charge is -2.40. The molecule has 0 unspecified atom stereocenters. The van der Waals surface area contributed by atoms with Gasteiger partial charge in [0.05, 0.1) is 0 Å². The number of carbonyl (C=O) groups is 1. The molecule has 17 heavy (non-hydrogen) atoms. The first-order valence-corrected chi connectivity index (χ1v) is 9.63. The highest BCUT2D eigenvalue weighted by Gasteiger charge is 2.40. The predicted octanol–water partition coefficient (Wildman–Crippen LogP) is 3.42. The van der Waals surface area contributed by atoms with Crippen LogP contribution in [0.1, 0.15) is 33.1 Å². The topological polar surface area (TPSA) is 40.5 Å². The Balaban J connectivity index is 2.48. The van der Waals surface area contributed by atoms with Crippen LogP contribution in [0.2, 0.25) is 18.1 Å². The molecule has 0 radical (unpaired) electrons. The Morgan fingerprint density at radius 1 is 1.41 bits per heavy atom. The molecule has 1 rings (SSSR count). The first-order valence-electron chi connectivity index (χ1n) is 6.30. The zero-order valence-corrected chi connectivity index (χ0v) is 13.0. The molecule has 1 saturated heterocycles. The summed E-state index contributed by atoms with van der Waals surface area (Å²) in [6.07, 6.45) is 3.06. The maximum atomic E-state index is 11.0. The zero-order chi connectivity index (χ0) is 13.3. The summed E-state index contributed by atoms with van der Waals surface area (Å²) in [5.41, 5.74) is 0. The lowest BCUT2D eigenvalue weighted by molar-refractivity contribution is 0.182. The molecule has 0 aromatic carbocycles. The van der Waals surface area contributed by atoms with Gasteiger partial charge in [0.2, 0.25) is 0 Å². The quantitative estimate of drug-likeness (QED) is 0.488. The maximum absolute atomic E-state index is 11.0. The van der Waals surface area contributed by atoms with E-state index in [-0.39, 0.29) is 10.4 Å². The molecular formula is C12H24ClNO2Si. The lowest BCUT2D eigenvalue weighted by atomic mass is 9.88. The Kier molecular flexibility index (Phi) is 4.66. The molecule has 100 valence electrons. The van der Waals surface area contributed by atoms with Crippen molar-refractivity contribution in [2.75, 3.05) is 13.1 Å². The number of hydrogen-bond acceptors (Lipinski definition) is 2. The van der Waals surface area contributed by atoms with Crippen LogP contribution in [0.25, 0.3) is 0 Å². The minimum absolute atomic E-state index is 0.0325. The van der Waals surface area contributed by atoms with E-state index >= 15 is 0 Å². The number of hydrogen-bond donors (Lipinski definition) is 1. The minimum atomic E-state index is -2.11. The molecule has 1 fully saturated rings. The summed E-state index contributed by atoms with van der Waals surface area (Å²) in [4.78, 5) is 23.0. The van der Waals surface area contributed by atoms with Crippen molar-refractivity contribution >= 4 is 25.3 Å². The number of likely N-dealkylation sites (tertiary alicyclic amines) is 1. The summed E-state index contributed by atoms with van der Waals surface area (Å²) in [6.45, 7) is 9.86. The average Bonchev–Trinajstić information content (AvgIpc) is 2.16. The maximum Gasteiger partial charge on any atom is 0.316 e. The van der Waals surface area contributed by atoms with E-state index in [1.807, 2.05) is 13.1 Å². The van der Waals surface area contributed by atoms with Gasteiger partial charge in [0.25, 0.3) is 0 Å². The Morgan fingerprint density at radius 2 is 1.88 bits per heavy atom. The molecule has 1 amide bonds. The second-order valence-electron chi connectivity index (χ2n) is 6.33. The van der Waals surface area contributed by atoms with Gasteiger partial charge >= 0.3 is 5.37 Å². The molecule has 1 aliphatic rings. The van der Waals surface area contributed by atoms with Crippen LogP contribution in [-0.2, 0) is 0 Å². The fourth-order valence-electron chi connectivity index (χ4n) is 2.28. The molecule has 0 saturated carbocycles. The number of rotatable bonds is 3. The van der Waals surface area contributed by atoms with Crippen LogP contribution in [0.5, 0.6) is 0 Å². The smallest absolute Gasteiger partial charge is 0.316 e. The average molecular weight is 278 g/mol. The van der Waals surface area contributed by atoms with Crippen LogP contribution in [0.4, 0.5) is 4.79 Å². The van der Waals surface area contributed by atoms with Crippen molar-refractivity contribution in [2.24, 2.45) is 5.92 Å². The molecule has 0 atom stereocenters. The minimum Gasteiger partial charge on any atom is -0.432 e. The predicted molar refractivity (Wildman–Crippen MR) is 73.9 cm³/mol. The number of piperidine rings is 1. The van der Waals surface area contributed by atoms with Crippen molar-refractivity contribution in [3.63, 3.8) is 0 Å².